The Balaban J connectivity index is 0.00000312. The van der Waals surface area contributed by atoms with E-state index in [4.69, 9.17) is 22.1 Å². The zero-order valence-corrected chi connectivity index (χ0v) is 18.1. The van der Waals surface area contributed by atoms with Gasteiger partial charge < -0.3 is 15.8 Å². The lowest BCUT2D eigenvalue weighted by Crippen LogP contribution is -2.54. The number of amides is 1. The van der Waals surface area contributed by atoms with E-state index < -0.39 is 5.54 Å². The van der Waals surface area contributed by atoms with Crippen LogP contribution < -0.4 is 11.1 Å². The number of nitrogens with zero attached hydrogens (tertiary/aromatic N) is 1. The van der Waals surface area contributed by atoms with E-state index in [2.05, 4.69) is 24.1 Å². The van der Waals surface area contributed by atoms with Crippen molar-refractivity contribution in [3.8, 4) is 0 Å². The maximum absolute atomic E-state index is 12.2. The summed E-state index contributed by atoms with van der Waals surface area (Å²) in [7, 11) is 0. The highest BCUT2D eigenvalue weighted by Crippen LogP contribution is 2.27. The predicted molar refractivity (Wildman–Crippen MR) is 112 cm³/mol. The molecule has 0 saturated carbocycles. The Morgan fingerprint density at radius 3 is 2.42 bits per heavy atom. The van der Waals surface area contributed by atoms with Gasteiger partial charge in [0.1, 0.15) is 0 Å². The van der Waals surface area contributed by atoms with Crippen LogP contribution in [-0.4, -0.2) is 48.2 Å². The molecule has 2 rings (SSSR count). The number of hydrogen-bond acceptors (Lipinski definition) is 4. The molecular weight excluding hydrogens is 397 g/mol. The first-order chi connectivity index (χ1) is 11.1. The maximum atomic E-state index is 12.2. The van der Waals surface area contributed by atoms with Gasteiger partial charge in [-0.3, -0.25) is 9.69 Å². The third-order valence-corrected chi connectivity index (χ3v) is 4.44. The Hall–Kier alpha value is -0.560. The number of carbonyl (C=O) groups is 1. The van der Waals surface area contributed by atoms with E-state index >= 15 is 0 Å². The fourth-order valence-corrected chi connectivity index (χ4v) is 3.00. The largest absolute Gasteiger partial charge is 0.373 e. The molecule has 3 N–H and O–H groups in total. The van der Waals surface area contributed by atoms with Gasteiger partial charge in [0.2, 0.25) is 5.91 Å². The summed E-state index contributed by atoms with van der Waals surface area (Å²) in [5, 5.41) is 3.68. The number of morpholine rings is 1. The van der Waals surface area contributed by atoms with Crippen molar-refractivity contribution >= 4 is 42.3 Å². The lowest BCUT2D eigenvalue weighted by Gasteiger charge is -2.42. The SMILES string of the molecule is CC1(C)CN(C(CNC(=O)C(C)(C)N)c2ccc(Cl)cc2)CCO1.Cl.Cl. The first kappa shape index (κ1) is 25.4. The number of halogens is 3. The molecule has 5 nitrogen and oxygen atoms in total. The molecule has 150 valence electrons. The smallest absolute Gasteiger partial charge is 0.239 e. The first-order valence-corrected chi connectivity index (χ1v) is 8.67. The van der Waals surface area contributed by atoms with Gasteiger partial charge in [0, 0.05) is 24.7 Å². The van der Waals surface area contributed by atoms with Gasteiger partial charge >= 0.3 is 0 Å². The van der Waals surface area contributed by atoms with Crippen LogP contribution in [0.4, 0.5) is 0 Å². The molecule has 1 aliphatic heterocycles. The van der Waals surface area contributed by atoms with Crippen molar-refractivity contribution in [2.45, 2.75) is 44.9 Å². The van der Waals surface area contributed by atoms with E-state index in [0.29, 0.717) is 18.2 Å². The second-order valence-electron chi connectivity index (χ2n) is 7.58. The van der Waals surface area contributed by atoms with Crippen LogP contribution in [0.2, 0.25) is 5.02 Å². The zero-order valence-electron chi connectivity index (χ0n) is 15.8. The van der Waals surface area contributed by atoms with Gasteiger partial charge in [0.15, 0.2) is 0 Å². The molecule has 0 aromatic heterocycles. The molecule has 1 saturated heterocycles. The van der Waals surface area contributed by atoms with E-state index in [0.717, 1.165) is 18.7 Å². The highest BCUT2D eigenvalue weighted by molar-refractivity contribution is 6.30. The number of benzene rings is 1. The minimum absolute atomic E-state index is 0. The van der Waals surface area contributed by atoms with Crippen LogP contribution in [0, 0.1) is 0 Å². The highest BCUT2D eigenvalue weighted by atomic mass is 35.5. The van der Waals surface area contributed by atoms with Crippen molar-refractivity contribution in [2.24, 2.45) is 5.73 Å². The summed E-state index contributed by atoms with van der Waals surface area (Å²) in [4.78, 5) is 14.5. The normalized spacial score (nSPS) is 18.2. The van der Waals surface area contributed by atoms with Crippen molar-refractivity contribution in [2.75, 3.05) is 26.2 Å². The molecule has 26 heavy (non-hydrogen) atoms. The molecular formula is C18H30Cl3N3O2. The Morgan fingerprint density at radius 2 is 1.92 bits per heavy atom. The third kappa shape index (κ3) is 7.22. The molecule has 0 bridgehead atoms. The van der Waals surface area contributed by atoms with Crippen molar-refractivity contribution in [1.29, 1.82) is 0 Å². The molecule has 1 aliphatic rings. The summed E-state index contributed by atoms with van der Waals surface area (Å²) in [5.41, 5.74) is 5.90. The van der Waals surface area contributed by atoms with Gasteiger partial charge in [-0.05, 0) is 45.4 Å². The van der Waals surface area contributed by atoms with Gasteiger partial charge in [-0.2, -0.15) is 0 Å². The zero-order chi connectivity index (χ0) is 18.0. The summed E-state index contributed by atoms with van der Waals surface area (Å²) >= 11 is 6.01. The van der Waals surface area contributed by atoms with Gasteiger partial charge in [-0.15, -0.1) is 24.8 Å². The van der Waals surface area contributed by atoms with Crippen LogP contribution in [0.3, 0.4) is 0 Å². The maximum Gasteiger partial charge on any atom is 0.239 e. The predicted octanol–water partition coefficient (Wildman–Crippen LogP) is 3.19. The third-order valence-electron chi connectivity index (χ3n) is 4.19. The van der Waals surface area contributed by atoms with Crippen LogP contribution in [0.15, 0.2) is 24.3 Å². The Kier molecular flexibility index (Phi) is 9.89. The summed E-state index contributed by atoms with van der Waals surface area (Å²) in [6.45, 7) is 10.4. The van der Waals surface area contributed by atoms with E-state index in [1.54, 1.807) is 13.8 Å². The van der Waals surface area contributed by atoms with Gasteiger partial charge in [0.25, 0.3) is 0 Å². The monoisotopic (exact) mass is 425 g/mol. The van der Waals surface area contributed by atoms with Crippen molar-refractivity contribution in [3.05, 3.63) is 34.9 Å². The standard InChI is InChI=1S/C18H28ClN3O2.2ClH/c1-17(2)12-22(9-10-24-17)15(11-21-16(23)18(3,4)20)13-5-7-14(19)8-6-13;;/h5-8,15H,9-12,20H2,1-4H3,(H,21,23);2*1H. The summed E-state index contributed by atoms with van der Waals surface area (Å²) in [5.74, 6) is -0.158. The van der Waals surface area contributed by atoms with Crippen LogP contribution >= 0.6 is 36.4 Å². The average Bonchev–Trinajstić information content (AvgIpc) is 2.47. The topological polar surface area (TPSA) is 67.6 Å². The van der Waals surface area contributed by atoms with Gasteiger partial charge in [0.05, 0.1) is 23.8 Å². The fourth-order valence-electron chi connectivity index (χ4n) is 2.88. The molecule has 8 heteroatoms. The minimum Gasteiger partial charge on any atom is -0.373 e. The van der Waals surface area contributed by atoms with Crippen molar-refractivity contribution < 1.29 is 9.53 Å². The number of hydrogen-bond donors (Lipinski definition) is 2. The van der Waals surface area contributed by atoms with Gasteiger partial charge in [-0.1, -0.05) is 23.7 Å². The molecule has 1 aromatic carbocycles. The molecule has 0 radical (unpaired) electrons. The Labute approximate surface area is 173 Å². The molecule has 1 aromatic rings. The second-order valence-corrected chi connectivity index (χ2v) is 8.01. The van der Waals surface area contributed by atoms with Crippen LogP contribution in [0.1, 0.15) is 39.3 Å². The number of carbonyl (C=O) groups excluding carboxylic acids is 1. The summed E-state index contributed by atoms with van der Waals surface area (Å²) < 4.78 is 5.81. The Bertz CT molecular complexity index is 574. The molecule has 1 atom stereocenters. The van der Waals surface area contributed by atoms with E-state index in [1.165, 1.54) is 0 Å². The highest BCUT2D eigenvalue weighted by Gasteiger charge is 2.33. The number of rotatable bonds is 5. The van der Waals surface area contributed by atoms with Crippen molar-refractivity contribution in [1.82, 2.24) is 10.2 Å². The van der Waals surface area contributed by atoms with Crippen molar-refractivity contribution in [3.63, 3.8) is 0 Å². The van der Waals surface area contributed by atoms with Gasteiger partial charge in [-0.25, -0.2) is 0 Å². The van der Waals surface area contributed by atoms with Crippen LogP contribution in [0.5, 0.6) is 0 Å². The first-order valence-electron chi connectivity index (χ1n) is 8.29. The lowest BCUT2D eigenvalue weighted by atomic mass is 10.00. The molecule has 1 fully saturated rings. The Morgan fingerprint density at radius 1 is 1.35 bits per heavy atom. The summed E-state index contributed by atoms with van der Waals surface area (Å²) in [6.07, 6.45) is 0. The summed E-state index contributed by atoms with van der Waals surface area (Å²) in [6, 6.07) is 7.83. The molecule has 0 spiro atoms. The van der Waals surface area contributed by atoms with E-state index in [1.807, 2.05) is 24.3 Å². The molecule has 0 aliphatic carbocycles. The quantitative estimate of drug-likeness (QED) is 0.759. The minimum atomic E-state index is -0.894. The van der Waals surface area contributed by atoms with E-state index in [9.17, 15) is 4.79 Å². The number of nitrogens with two attached hydrogens (primary N) is 1. The fraction of sp³-hybridized carbons (Fsp3) is 0.611. The lowest BCUT2D eigenvalue weighted by molar-refractivity contribution is -0.126. The molecule has 1 heterocycles. The second kappa shape index (κ2) is 10.1. The average molecular weight is 427 g/mol. The number of ether oxygens (including phenoxy) is 1. The molecule has 1 unspecified atom stereocenters. The van der Waals surface area contributed by atoms with Crippen LogP contribution in [-0.2, 0) is 9.53 Å². The van der Waals surface area contributed by atoms with E-state index in [-0.39, 0.29) is 42.4 Å². The number of nitrogens with one attached hydrogen (secondary N) is 1. The molecule has 1 amide bonds. The van der Waals surface area contributed by atoms with Crippen LogP contribution in [0.25, 0.3) is 0 Å².